The number of methoxy groups -OCH3 is 1. The number of hydrogen-bond donors (Lipinski definition) is 2. The van der Waals surface area contributed by atoms with E-state index in [0.29, 0.717) is 18.2 Å². The van der Waals surface area contributed by atoms with Gasteiger partial charge in [0.1, 0.15) is 0 Å². The van der Waals surface area contributed by atoms with Gasteiger partial charge in [-0.15, -0.1) is 0 Å². The van der Waals surface area contributed by atoms with Gasteiger partial charge in [0.05, 0.1) is 25.5 Å². The first-order valence-electron chi connectivity index (χ1n) is 5.36. The molecule has 0 bridgehead atoms. The van der Waals surface area contributed by atoms with E-state index in [4.69, 9.17) is 20.9 Å². The van der Waals surface area contributed by atoms with Crippen LogP contribution in [-0.4, -0.2) is 24.2 Å². The van der Waals surface area contributed by atoms with Crippen molar-refractivity contribution in [1.82, 2.24) is 4.98 Å². The first-order chi connectivity index (χ1) is 7.70. The van der Waals surface area contributed by atoms with Gasteiger partial charge in [-0.2, -0.15) is 0 Å². The lowest BCUT2D eigenvalue weighted by atomic mass is 9.90. The van der Waals surface area contributed by atoms with Crippen LogP contribution >= 0.6 is 0 Å². The highest BCUT2D eigenvalue weighted by molar-refractivity contribution is 5.49. The van der Waals surface area contributed by atoms with Crippen LogP contribution in [-0.2, 0) is 11.3 Å². The molecule has 5 heteroatoms. The summed E-state index contributed by atoms with van der Waals surface area (Å²) < 4.78 is 10.6. The van der Waals surface area contributed by atoms with Crippen LogP contribution in [0.2, 0.25) is 0 Å². The van der Waals surface area contributed by atoms with Crippen molar-refractivity contribution in [2.24, 2.45) is 5.73 Å². The smallest absolute Gasteiger partial charge is 0.236 e. The van der Waals surface area contributed by atoms with E-state index in [1.807, 2.05) is 6.07 Å². The van der Waals surface area contributed by atoms with Crippen LogP contribution in [0.15, 0.2) is 12.3 Å². The molecule has 1 saturated carbocycles. The lowest BCUT2D eigenvalue weighted by Gasteiger charge is -2.33. The van der Waals surface area contributed by atoms with Gasteiger partial charge in [-0.25, -0.2) is 4.98 Å². The van der Waals surface area contributed by atoms with Crippen LogP contribution in [0.4, 0.5) is 5.69 Å². The third-order valence-electron chi connectivity index (χ3n) is 2.85. The maximum Gasteiger partial charge on any atom is 0.236 e. The molecule has 16 heavy (non-hydrogen) atoms. The van der Waals surface area contributed by atoms with Crippen molar-refractivity contribution >= 4 is 5.69 Å². The lowest BCUT2D eigenvalue weighted by molar-refractivity contribution is -0.0246. The molecule has 1 aliphatic rings. The van der Waals surface area contributed by atoms with E-state index in [9.17, 15) is 0 Å². The van der Waals surface area contributed by atoms with E-state index >= 15 is 0 Å². The number of nitrogen functional groups attached to an aromatic ring is 1. The van der Waals surface area contributed by atoms with Crippen molar-refractivity contribution in [3.8, 4) is 5.88 Å². The van der Waals surface area contributed by atoms with Gasteiger partial charge in [-0.3, -0.25) is 0 Å². The molecule has 0 saturated heterocycles. The molecule has 4 N–H and O–H groups in total. The van der Waals surface area contributed by atoms with Crippen LogP contribution in [0.25, 0.3) is 0 Å². The van der Waals surface area contributed by atoms with Gasteiger partial charge >= 0.3 is 0 Å². The molecule has 1 aromatic heterocycles. The molecule has 0 radical (unpaired) electrons. The van der Waals surface area contributed by atoms with Crippen LogP contribution in [0, 0.1) is 0 Å². The van der Waals surface area contributed by atoms with Crippen LogP contribution in [0.5, 0.6) is 5.88 Å². The Morgan fingerprint density at radius 1 is 1.50 bits per heavy atom. The van der Waals surface area contributed by atoms with E-state index in [2.05, 4.69) is 4.98 Å². The average molecular weight is 223 g/mol. The first-order valence-corrected chi connectivity index (χ1v) is 5.36. The summed E-state index contributed by atoms with van der Waals surface area (Å²) in [5.41, 5.74) is 13.0. The highest BCUT2D eigenvalue weighted by Crippen LogP contribution is 2.23. The van der Waals surface area contributed by atoms with E-state index in [0.717, 1.165) is 18.4 Å². The van der Waals surface area contributed by atoms with Gasteiger partial charge in [-0.1, -0.05) is 0 Å². The molecule has 0 aromatic carbocycles. The Labute approximate surface area is 94.7 Å². The first kappa shape index (κ1) is 11.2. The zero-order valence-electron chi connectivity index (χ0n) is 9.35. The molecule has 2 rings (SSSR count). The molecule has 5 nitrogen and oxygen atoms in total. The Morgan fingerprint density at radius 3 is 2.81 bits per heavy atom. The van der Waals surface area contributed by atoms with E-state index in [-0.39, 0.29) is 12.1 Å². The van der Waals surface area contributed by atoms with E-state index < -0.39 is 0 Å². The zero-order chi connectivity index (χ0) is 11.5. The molecule has 0 aliphatic heterocycles. The third kappa shape index (κ3) is 2.25. The Balaban J connectivity index is 1.92. The minimum absolute atomic E-state index is 0.184. The second kappa shape index (κ2) is 4.67. The quantitative estimate of drug-likeness (QED) is 0.784. The predicted octanol–water partition coefficient (Wildman–Crippen LogP) is 0.679. The van der Waals surface area contributed by atoms with Gasteiger partial charge in [-0.05, 0) is 24.5 Å². The second-order valence-electron chi connectivity index (χ2n) is 4.03. The Bertz CT molecular complexity index is 370. The van der Waals surface area contributed by atoms with Crippen molar-refractivity contribution in [2.45, 2.75) is 31.6 Å². The fraction of sp³-hybridized carbons (Fsp3) is 0.545. The zero-order valence-corrected chi connectivity index (χ0v) is 9.35. The average Bonchev–Trinajstić information content (AvgIpc) is 2.27. The fourth-order valence-electron chi connectivity index (χ4n) is 1.67. The number of pyridine rings is 1. The molecule has 1 fully saturated rings. The Morgan fingerprint density at radius 2 is 2.31 bits per heavy atom. The van der Waals surface area contributed by atoms with Gasteiger partial charge in [0.15, 0.2) is 0 Å². The molecule has 0 unspecified atom stereocenters. The van der Waals surface area contributed by atoms with Crippen LogP contribution in [0.3, 0.4) is 0 Å². The molecular weight excluding hydrogens is 206 g/mol. The highest BCUT2D eigenvalue weighted by Gasteiger charge is 2.27. The molecule has 2 atom stereocenters. The van der Waals surface area contributed by atoms with Crippen molar-refractivity contribution in [2.75, 3.05) is 12.8 Å². The summed E-state index contributed by atoms with van der Waals surface area (Å²) in [4.78, 5) is 4.08. The molecule has 0 amide bonds. The van der Waals surface area contributed by atoms with Crippen molar-refractivity contribution < 1.29 is 9.47 Å². The van der Waals surface area contributed by atoms with E-state index in [1.54, 1.807) is 13.3 Å². The van der Waals surface area contributed by atoms with Gasteiger partial charge < -0.3 is 20.9 Å². The third-order valence-corrected chi connectivity index (χ3v) is 2.85. The summed E-state index contributed by atoms with van der Waals surface area (Å²) >= 11 is 0. The summed E-state index contributed by atoms with van der Waals surface area (Å²) in [6, 6.07) is 2.00. The SMILES string of the molecule is COc1ncc(CO[C@@H]2CC[C@H]2N)cc1N. The van der Waals surface area contributed by atoms with Crippen LogP contribution in [0.1, 0.15) is 18.4 Å². The predicted molar refractivity (Wildman–Crippen MR) is 61.0 cm³/mol. The van der Waals surface area contributed by atoms with Crippen molar-refractivity contribution in [3.63, 3.8) is 0 Å². The van der Waals surface area contributed by atoms with Gasteiger partial charge in [0.25, 0.3) is 0 Å². The number of hydrogen-bond acceptors (Lipinski definition) is 5. The minimum atomic E-state index is 0.184. The summed E-state index contributed by atoms with van der Waals surface area (Å²) in [5, 5.41) is 0. The number of anilines is 1. The Kier molecular flexibility index (Phi) is 3.26. The topological polar surface area (TPSA) is 83.4 Å². The molecule has 1 heterocycles. The molecule has 0 spiro atoms. The van der Waals surface area contributed by atoms with Gasteiger partial charge in [0, 0.05) is 12.2 Å². The Hall–Kier alpha value is -1.33. The number of aromatic nitrogens is 1. The lowest BCUT2D eigenvalue weighted by Crippen LogP contribution is -2.45. The number of nitrogens with zero attached hydrogens (tertiary/aromatic N) is 1. The summed E-state index contributed by atoms with van der Waals surface area (Å²) in [6.07, 6.45) is 3.98. The standard InChI is InChI=1S/C11H17N3O2/c1-15-11-9(13)4-7(5-14-11)6-16-10-3-2-8(10)12/h4-5,8,10H,2-3,6,12-13H2,1H3/t8-,10-/m1/s1. The van der Waals surface area contributed by atoms with Gasteiger partial charge in [0.2, 0.25) is 5.88 Å². The minimum Gasteiger partial charge on any atom is -0.480 e. The number of rotatable bonds is 4. The fourth-order valence-corrected chi connectivity index (χ4v) is 1.67. The monoisotopic (exact) mass is 223 g/mol. The molecular formula is C11H17N3O2. The molecule has 1 aliphatic carbocycles. The maximum absolute atomic E-state index is 5.78. The highest BCUT2D eigenvalue weighted by atomic mass is 16.5. The van der Waals surface area contributed by atoms with Crippen molar-refractivity contribution in [1.29, 1.82) is 0 Å². The van der Waals surface area contributed by atoms with Crippen molar-refractivity contribution in [3.05, 3.63) is 17.8 Å². The van der Waals surface area contributed by atoms with Crippen LogP contribution < -0.4 is 16.2 Å². The summed E-state index contributed by atoms with van der Waals surface area (Å²) in [7, 11) is 1.54. The number of nitrogens with two attached hydrogens (primary N) is 2. The maximum atomic E-state index is 5.78. The van der Waals surface area contributed by atoms with E-state index in [1.165, 1.54) is 0 Å². The molecule has 88 valence electrons. The summed E-state index contributed by atoms with van der Waals surface area (Å²) in [5.74, 6) is 0.448. The summed E-state index contributed by atoms with van der Waals surface area (Å²) in [6.45, 7) is 0.500. The number of ether oxygens (including phenoxy) is 2. The second-order valence-corrected chi connectivity index (χ2v) is 4.03. The molecule has 1 aromatic rings. The largest absolute Gasteiger partial charge is 0.480 e. The normalized spacial score (nSPS) is 23.9.